The smallest absolute Gasteiger partial charge is 0.335 e. The first-order chi connectivity index (χ1) is 13.1. The molecule has 3 atom stereocenters. The molecule has 150 valence electrons. The molecule has 0 bridgehead atoms. The predicted molar refractivity (Wildman–Crippen MR) is 106 cm³/mol. The molecule has 0 aromatic heterocycles. The summed E-state index contributed by atoms with van der Waals surface area (Å²) >= 11 is 0. The van der Waals surface area contributed by atoms with Crippen LogP contribution >= 0.6 is 0 Å². The molecule has 1 heterocycles. The third kappa shape index (κ3) is 3.83. The summed E-state index contributed by atoms with van der Waals surface area (Å²) in [6.07, 6.45) is 0. The van der Waals surface area contributed by atoms with E-state index in [4.69, 9.17) is 9.88 Å². The second-order valence-electron chi connectivity index (χ2n) is 7.32. The van der Waals surface area contributed by atoms with Gasteiger partial charge in [0.2, 0.25) is 10.0 Å². The Balaban J connectivity index is 2.25. The Hall–Kier alpha value is -2.58. The first-order valence-electron chi connectivity index (χ1n) is 9.03. The first kappa shape index (κ1) is 20.2. The van der Waals surface area contributed by atoms with E-state index in [1.54, 1.807) is 24.3 Å². The molecular weight excluding hydrogens is 380 g/mol. The van der Waals surface area contributed by atoms with Gasteiger partial charge in [-0.15, -0.1) is 0 Å². The average Bonchev–Trinajstić information content (AvgIpc) is 2.89. The summed E-state index contributed by atoms with van der Waals surface area (Å²) in [4.78, 5) is 13.3. The van der Waals surface area contributed by atoms with Gasteiger partial charge in [0.25, 0.3) is 0 Å². The maximum absolute atomic E-state index is 12.3. The van der Waals surface area contributed by atoms with E-state index < -0.39 is 16.0 Å². The maximum Gasteiger partial charge on any atom is 0.335 e. The number of benzene rings is 2. The van der Waals surface area contributed by atoms with Gasteiger partial charge in [-0.05, 0) is 43.0 Å². The minimum Gasteiger partial charge on any atom is -0.478 e. The molecule has 1 aliphatic rings. The lowest BCUT2D eigenvalue weighted by molar-refractivity contribution is 0.0696. The predicted octanol–water partition coefficient (Wildman–Crippen LogP) is 3.31. The van der Waals surface area contributed by atoms with Gasteiger partial charge in [-0.3, -0.25) is 0 Å². The Morgan fingerprint density at radius 2 is 1.82 bits per heavy atom. The van der Waals surface area contributed by atoms with E-state index in [9.17, 15) is 18.3 Å². The largest absolute Gasteiger partial charge is 0.478 e. The molecule has 0 amide bonds. The number of hydrogen-bond acceptors (Lipinski definition) is 5. The standard InChI is InChI=1S/C20H24N2O5S/c1-12-11-22(14(3)13(12)2)17-9-15(20(23)24)10-18(28(21,25)26)19(17)27-16-7-5-4-6-8-16/h4-10,12-14H,11H2,1-3H3,(H,23,24)(H2,21,25,26). The van der Waals surface area contributed by atoms with Crippen molar-refractivity contribution >= 4 is 21.7 Å². The third-order valence-electron chi connectivity index (χ3n) is 5.50. The molecule has 0 saturated carbocycles. The van der Waals surface area contributed by atoms with Crippen molar-refractivity contribution in [3.63, 3.8) is 0 Å². The fourth-order valence-corrected chi connectivity index (χ4v) is 4.26. The molecule has 2 aromatic rings. The Kier molecular flexibility index (Phi) is 5.36. The van der Waals surface area contributed by atoms with E-state index in [-0.39, 0.29) is 22.3 Å². The minimum atomic E-state index is -4.22. The summed E-state index contributed by atoms with van der Waals surface area (Å²) in [7, 11) is -4.22. The molecule has 0 radical (unpaired) electrons. The summed E-state index contributed by atoms with van der Waals surface area (Å²) < 4.78 is 30.5. The molecule has 7 nitrogen and oxygen atoms in total. The molecule has 0 spiro atoms. The van der Waals surface area contributed by atoms with Crippen LogP contribution in [0.3, 0.4) is 0 Å². The summed E-state index contributed by atoms with van der Waals surface area (Å²) in [6, 6.07) is 11.3. The normalized spacial score (nSPS) is 22.3. The molecule has 28 heavy (non-hydrogen) atoms. The number of rotatable bonds is 5. The molecule has 3 N–H and O–H groups in total. The van der Waals surface area contributed by atoms with Gasteiger partial charge >= 0.3 is 5.97 Å². The SMILES string of the molecule is CC1CN(c2cc(C(=O)O)cc(S(N)(=O)=O)c2Oc2ccccc2)C(C)C1C. The van der Waals surface area contributed by atoms with Crippen molar-refractivity contribution in [3.8, 4) is 11.5 Å². The Morgan fingerprint density at radius 1 is 1.18 bits per heavy atom. The number of para-hydroxylation sites is 1. The number of nitrogens with zero attached hydrogens (tertiary/aromatic N) is 1. The Bertz CT molecular complexity index is 991. The molecule has 1 fully saturated rings. The van der Waals surface area contributed by atoms with Crippen molar-refractivity contribution < 1.29 is 23.1 Å². The fourth-order valence-electron chi connectivity index (χ4n) is 3.56. The van der Waals surface area contributed by atoms with Gasteiger partial charge in [-0.25, -0.2) is 18.4 Å². The number of carboxylic acid groups (broad SMARTS) is 1. The molecular formula is C20H24N2O5S. The van der Waals surface area contributed by atoms with Crippen molar-refractivity contribution in [1.29, 1.82) is 0 Å². The summed E-state index contributed by atoms with van der Waals surface area (Å²) in [5.74, 6) is -0.0520. The van der Waals surface area contributed by atoms with Gasteiger partial charge in [0.1, 0.15) is 10.6 Å². The lowest BCUT2D eigenvalue weighted by atomic mass is 9.95. The van der Waals surface area contributed by atoms with Crippen LogP contribution in [-0.2, 0) is 10.0 Å². The number of anilines is 1. The molecule has 1 saturated heterocycles. The van der Waals surface area contributed by atoms with Crippen LogP contribution in [0.1, 0.15) is 31.1 Å². The van der Waals surface area contributed by atoms with Crippen LogP contribution in [0.25, 0.3) is 0 Å². The van der Waals surface area contributed by atoms with Crippen LogP contribution in [0.5, 0.6) is 11.5 Å². The van der Waals surface area contributed by atoms with Crippen molar-refractivity contribution in [1.82, 2.24) is 0 Å². The fraction of sp³-hybridized carbons (Fsp3) is 0.350. The number of carbonyl (C=O) groups is 1. The van der Waals surface area contributed by atoms with Crippen molar-refractivity contribution in [2.45, 2.75) is 31.7 Å². The Morgan fingerprint density at radius 3 is 2.32 bits per heavy atom. The van der Waals surface area contributed by atoms with Crippen LogP contribution in [0.4, 0.5) is 5.69 Å². The molecule has 1 aliphatic heterocycles. The highest BCUT2D eigenvalue weighted by Crippen LogP contribution is 2.43. The molecule has 3 rings (SSSR count). The van der Waals surface area contributed by atoms with E-state index >= 15 is 0 Å². The molecule has 0 aliphatic carbocycles. The highest BCUT2D eigenvalue weighted by atomic mass is 32.2. The maximum atomic E-state index is 12.3. The second kappa shape index (κ2) is 7.44. The van der Waals surface area contributed by atoms with Gasteiger partial charge in [-0.2, -0.15) is 0 Å². The summed E-state index contributed by atoms with van der Waals surface area (Å²) in [6.45, 7) is 6.92. The number of carboxylic acids is 1. The van der Waals surface area contributed by atoms with Crippen LogP contribution in [0.15, 0.2) is 47.4 Å². The zero-order valence-corrected chi connectivity index (χ0v) is 16.8. The number of primary sulfonamides is 1. The number of ether oxygens (including phenoxy) is 1. The van der Waals surface area contributed by atoms with Gasteiger partial charge in [0.05, 0.1) is 11.3 Å². The highest BCUT2D eigenvalue weighted by Gasteiger charge is 2.37. The van der Waals surface area contributed by atoms with Crippen molar-refractivity contribution in [3.05, 3.63) is 48.0 Å². The van der Waals surface area contributed by atoms with E-state index in [2.05, 4.69) is 13.8 Å². The van der Waals surface area contributed by atoms with E-state index in [1.807, 2.05) is 17.9 Å². The average molecular weight is 404 g/mol. The van der Waals surface area contributed by atoms with Gasteiger partial charge in [-0.1, -0.05) is 32.0 Å². The summed E-state index contributed by atoms with van der Waals surface area (Å²) in [5, 5.41) is 14.9. The topological polar surface area (TPSA) is 110 Å². The zero-order valence-electron chi connectivity index (χ0n) is 16.0. The number of sulfonamides is 1. The lowest BCUT2D eigenvalue weighted by Crippen LogP contribution is -2.30. The lowest BCUT2D eigenvalue weighted by Gasteiger charge is -2.28. The third-order valence-corrected chi connectivity index (χ3v) is 6.41. The second-order valence-corrected chi connectivity index (χ2v) is 8.85. The number of hydrogen-bond donors (Lipinski definition) is 2. The van der Waals surface area contributed by atoms with Crippen molar-refractivity contribution in [2.75, 3.05) is 11.4 Å². The van der Waals surface area contributed by atoms with Gasteiger partial charge < -0.3 is 14.7 Å². The number of nitrogens with two attached hydrogens (primary N) is 1. The van der Waals surface area contributed by atoms with E-state index in [0.29, 0.717) is 29.8 Å². The van der Waals surface area contributed by atoms with Crippen LogP contribution in [0, 0.1) is 11.8 Å². The first-order valence-corrected chi connectivity index (χ1v) is 10.6. The van der Waals surface area contributed by atoms with Crippen LogP contribution < -0.4 is 14.8 Å². The van der Waals surface area contributed by atoms with Crippen LogP contribution in [-0.4, -0.2) is 32.1 Å². The quantitative estimate of drug-likeness (QED) is 0.791. The van der Waals surface area contributed by atoms with Gasteiger partial charge in [0.15, 0.2) is 5.75 Å². The zero-order chi connectivity index (χ0) is 20.6. The molecule has 3 unspecified atom stereocenters. The van der Waals surface area contributed by atoms with Crippen molar-refractivity contribution in [2.24, 2.45) is 17.0 Å². The molecule has 8 heteroatoms. The van der Waals surface area contributed by atoms with E-state index in [1.165, 1.54) is 6.07 Å². The van der Waals surface area contributed by atoms with Crippen LogP contribution in [0.2, 0.25) is 0 Å². The highest BCUT2D eigenvalue weighted by molar-refractivity contribution is 7.89. The Labute approximate surface area is 164 Å². The van der Waals surface area contributed by atoms with Gasteiger partial charge in [0, 0.05) is 12.6 Å². The number of aromatic carboxylic acids is 1. The minimum absolute atomic E-state index is 0.0480. The monoisotopic (exact) mass is 404 g/mol. The van der Waals surface area contributed by atoms with E-state index in [0.717, 1.165) is 6.07 Å². The summed E-state index contributed by atoms with van der Waals surface area (Å²) in [5.41, 5.74) is 0.260. The molecule has 2 aromatic carbocycles.